The number of nitro groups is 2. The van der Waals surface area contributed by atoms with Crippen LogP contribution in [-0.2, 0) is 9.53 Å². The molecule has 0 aromatic heterocycles. The molecule has 3 rings (SSSR count). The van der Waals surface area contributed by atoms with E-state index in [2.05, 4.69) is 0 Å². The molecule has 22 heavy (non-hydrogen) atoms. The lowest BCUT2D eigenvalue weighted by Crippen LogP contribution is -2.27. The van der Waals surface area contributed by atoms with E-state index < -0.39 is 22.0 Å². The molecule has 1 heterocycles. The van der Waals surface area contributed by atoms with E-state index in [4.69, 9.17) is 4.74 Å². The number of carbonyl (C=O) groups is 1. The first-order chi connectivity index (χ1) is 10.5. The Morgan fingerprint density at radius 2 is 1.95 bits per heavy atom. The first kappa shape index (κ1) is 14.2. The minimum atomic E-state index is -1.41. The fraction of sp³-hybridized carbons (Fsp3) is 0.357. The average molecular weight is 304 g/mol. The average Bonchev–Trinajstić information content (AvgIpc) is 2.88. The summed E-state index contributed by atoms with van der Waals surface area (Å²) in [7, 11) is 0. The molecule has 0 fully saturated rings. The zero-order valence-corrected chi connectivity index (χ0v) is 11.4. The number of non-ortho nitro benzene ring substituents is 1. The zero-order valence-electron chi connectivity index (χ0n) is 11.4. The molecular formula is C14H12N2O6. The van der Waals surface area contributed by atoms with Crippen LogP contribution in [0.3, 0.4) is 0 Å². The van der Waals surface area contributed by atoms with Gasteiger partial charge in [0.1, 0.15) is 11.7 Å². The molecule has 8 nitrogen and oxygen atoms in total. The van der Waals surface area contributed by atoms with Crippen LogP contribution in [0.4, 0.5) is 5.69 Å². The summed E-state index contributed by atoms with van der Waals surface area (Å²) in [6.45, 7) is 0. The largest absolute Gasteiger partial charge is 0.433 e. The highest BCUT2D eigenvalue weighted by atomic mass is 16.7. The lowest BCUT2D eigenvalue weighted by molar-refractivity contribution is -0.570. The van der Waals surface area contributed by atoms with Crippen LogP contribution in [-0.4, -0.2) is 21.9 Å². The minimum absolute atomic E-state index is 0.170. The second kappa shape index (κ2) is 5.21. The molecule has 1 aromatic carbocycles. The number of carbonyl (C=O) groups excluding carboxylic acids is 1. The molecule has 0 saturated heterocycles. The normalized spacial score (nSPS) is 23.9. The predicted molar refractivity (Wildman–Crippen MR) is 73.6 cm³/mol. The highest BCUT2D eigenvalue weighted by Crippen LogP contribution is 2.44. The number of allylic oxidation sites excluding steroid dienone is 1. The number of benzene rings is 1. The lowest BCUT2D eigenvalue weighted by atomic mass is 9.83. The molecule has 1 aliphatic carbocycles. The first-order valence-corrected chi connectivity index (χ1v) is 6.80. The summed E-state index contributed by atoms with van der Waals surface area (Å²) in [5.74, 6) is -0.714. The maximum Gasteiger partial charge on any atom is 0.364 e. The summed E-state index contributed by atoms with van der Waals surface area (Å²) in [6, 6.07) is 5.58. The van der Waals surface area contributed by atoms with Crippen molar-refractivity contribution in [2.24, 2.45) is 0 Å². The molecule has 1 aromatic rings. The van der Waals surface area contributed by atoms with Gasteiger partial charge >= 0.3 is 6.23 Å². The Labute approximate surface area is 124 Å². The molecule has 0 unspecified atom stereocenters. The SMILES string of the molecule is O=C1CCCC2=C1[C@H](c1cccc([N+](=O)[O-])c1)[C@H]([N+](=O)[O-])O2. The number of ether oxygens (including phenoxy) is 1. The summed E-state index contributed by atoms with van der Waals surface area (Å²) in [5.41, 5.74) is 0.488. The van der Waals surface area contributed by atoms with Crippen molar-refractivity contribution in [1.82, 2.24) is 0 Å². The molecule has 0 saturated carbocycles. The molecular weight excluding hydrogens is 292 g/mol. The Kier molecular flexibility index (Phi) is 3.36. The minimum Gasteiger partial charge on any atom is -0.433 e. The van der Waals surface area contributed by atoms with Gasteiger partial charge in [-0.05, 0) is 12.0 Å². The lowest BCUT2D eigenvalue weighted by Gasteiger charge is -2.15. The third-order valence-electron chi connectivity index (χ3n) is 3.92. The van der Waals surface area contributed by atoms with Crippen LogP contribution in [0.5, 0.6) is 0 Å². The van der Waals surface area contributed by atoms with E-state index in [0.717, 1.165) is 0 Å². The van der Waals surface area contributed by atoms with Gasteiger partial charge in [-0.3, -0.25) is 25.0 Å². The van der Waals surface area contributed by atoms with E-state index in [1.807, 2.05) is 0 Å². The Hall–Kier alpha value is -2.77. The van der Waals surface area contributed by atoms with Gasteiger partial charge in [0, 0.05) is 25.0 Å². The smallest absolute Gasteiger partial charge is 0.364 e. The summed E-state index contributed by atoms with van der Waals surface area (Å²) in [5, 5.41) is 22.2. The summed E-state index contributed by atoms with van der Waals surface area (Å²) in [4.78, 5) is 33.1. The van der Waals surface area contributed by atoms with Crippen molar-refractivity contribution in [3.05, 3.63) is 61.4 Å². The van der Waals surface area contributed by atoms with Crippen molar-refractivity contribution in [3.63, 3.8) is 0 Å². The third kappa shape index (κ3) is 2.22. The van der Waals surface area contributed by atoms with Gasteiger partial charge < -0.3 is 4.74 Å². The summed E-state index contributed by atoms with van der Waals surface area (Å²) in [6.07, 6.45) is -0.00684. The van der Waals surface area contributed by atoms with Crippen molar-refractivity contribution in [3.8, 4) is 0 Å². The molecule has 0 bridgehead atoms. The first-order valence-electron chi connectivity index (χ1n) is 6.80. The van der Waals surface area contributed by atoms with Crippen LogP contribution < -0.4 is 0 Å². The third-order valence-corrected chi connectivity index (χ3v) is 3.92. The molecule has 0 amide bonds. The molecule has 2 aliphatic rings. The number of rotatable bonds is 3. The standard InChI is InChI=1S/C14H12N2O6/c17-10-5-2-6-11-13(10)12(14(22-11)16(20)21)8-3-1-4-9(7-8)15(18)19/h1,3-4,7,12,14H,2,5-6H2/t12-,14+/m0/s1. The topological polar surface area (TPSA) is 113 Å². The van der Waals surface area contributed by atoms with Crippen molar-refractivity contribution >= 4 is 11.5 Å². The number of nitro benzene ring substituents is 1. The predicted octanol–water partition coefficient (Wildman–Crippen LogP) is 2.32. The monoisotopic (exact) mass is 304 g/mol. The van der Waals surface area contributed by atoms with E-state index in [9.17, 15) is 25.0 Å². The van der Waals surface area contributed by atoms with E-state index >= 15 is 0 Å². The van der Waals surface area contributed by atoms with Gasteiger partial charge in [0.05, 0.1) is 15.4 Å². The van der Waals surface area contributed by atoms with Crippen LogP contribution in [0.15, 0.2) is 35.6 Å². The van der Waals surface area contributed by atoms with Crippen molar-refractivity contribution in [1.29, 1.82) is 0 Å². The molecule has 0 radical (unpaired) electrons. The van der Waals surface area contributed by atoms with Gasteiger partial charge in [-0.25, -0.2) is 0 Å². The Morgan fingerprint density at radius 3 is 2.64 bits per heavy atom. The number of hydrogen-bond acceptors (Lipinski definition) is 6. The second-order valence-corrected chi connectivity index (χ2v) is 5.24. The molecule has 1 aliphatic heterocycles. The number of Topliss-reactive ketones (excluding diaryl/α,β-unsaturated/α-hetero) is 1. The van der Waals surface area contributed by atoms with Gasteiger partial charge in [-0.1, -0.05) is 12.1 Å². The highest BCUT2D eigenvalue weighted by Gasteiger charge is 2.49. The van der Waals surface area contributed by atoms with Gasteiger partial charge in [-0.2, -0.15) is 0 Å². The van der Waals surface area contributed by atoms with Gasteiger partial charge in [0.15, 0.2) is 5.78 Å². The maximum atomic E-state index is 12.2. The van der Waals surface area contributed by atoms with Gasteiger partial charge in [0.2, 0.25) is 0 Å². The van der Waals surface area contributed by atoms with Crippen molar-refractivity contribution in [2.75, 3.05) is 0 Å². The Balaban J connectivity index is 2.09. The summed E-state index contributed by atoms with van der Waals surface area (Å²) < 4.78 is 5.35. The molecule has 0 N–H and O–H groups in total. The van der Waals surface area contributed by atoms with Gasteiger partial charge in [0.25, 0.3) is 5.69 Å². The van der Waals surface area contributed by atoms with Crippen LogP contribution in [0, 0.1) is 20.2 Å². The fourth-order valence-electron chi connectivity index (χ4n) is 2.99. The van der Waals surface area contributed by atoms with Crippen LogP contribution >= 0.6 is 0 Å². The van der Waals surface area contributed by atoms with E-state index in [0.29, 0.717) is 36.2 Å². The number of nitrogens with zero attached hydrogens (tertiary/aromatic N) is 2. The highest BCUT2D eigenvalue weighted by molar-refractivity contribution is 5.98. The van der Waals surface area contributed by atoms with Crippen LogP contribution in [0.2, 0.25) is 0 Å². The molecule has 114 valence electrons. The van der Waals surface area contributed by atoms with Crippen LogP contribution in [0.1, 0.15) is 30.7 Å². The quantitative estimate of drug-likeness (QED) is 0.625. The van der Waals surface area contributed by atoms with Crippen molar-refractivity contribution in [2.45, 2.75) is 31.4 Å². The number of hydrogen-bond donors (Lipinski definition) is 0. The fourth-order valence-corrected chi connectivity index (χ4v) is 2.99. The Morgan fingerprint density at radius 1 is 1.18 bits per heavy atom. The molecule has 2 atom stereocenters. The van der Waals surface area contributed by atoms with E-state index in [1.54, 1.807) is 6.07 Å². The van der Waals surface area contributed by atoms with Crippen LogP contribution in [0.25, 0.3) is 0 Å². The number of ketones is 1. The molecule has 0 spiro atoms. The van der Waals surface area contributed by atoms with Gasteiger partial charge in [-0.15, -0.1) is 0 Å². The van der Waals surface area contributed by atoms with E-state index in [-0.39, 0.29) is 11.5 Å². The second-order valence-electron chi connectivity index (χ2n) is 5.24. The maximum absolute atomic E-state index is 12.2. The Bertz CT molecular complexity index is 711. The zero-order chi connectivity index (χ0) is 15.9. The summed E-state index contributed by atoms with van der Waals surface area (Å²) >= 11 is 0. The molecule has 8 heteroatoms. The van der Waals surface area contributed by atoms with E-state index in [1.165, 1.54) is 18.2 Å². The van der Waals surface area contributed by atoms with Crippen molar-refractivity contribution < 1.29 is 19.4 Å².